The van der Waals surface area contributed by atoms with Gasteiger partial charge in [-0.3, -0.25) is 0 Å². The van der Waals surface area contributed by atoms with Gasteiger partial charge in [-0.15, -0.1) is 0 Å². The third-order valence-electron chi connectivity index (χ3n) is 1.36. The van der Waals surface area contributed by atoms with E-state index in [1.807, 2.05) is 0 Å². The van der Waals surface area contributed by atoms with Crippen molar-refractivity contribution < 1.29 is 8.78 Å². The first kappa shape index (κ1) is 11.3. The number of hydrogen-bond donors (Lipinski definition) is 0. The maximum absolute atomic E-state index is 12.3. The van der Waals surface area contributed by atoms with E-state index in [-0.39, 0.29) is 10.2 Å². The molecule has 0 radical (unpaired) electrons. The molecule has 0 amide bonds. The maximum Gasteiger partial charge on any atom is 0.281 e. The van der Waals surface area contributed by atoms with Crippen LogP contribution in [0.25, 0.3) is 0 Å². The molecule has 1 nitrogen and oxygen atoms in total. The summed E-state index contributed by atoms with van der Waals surface area (Å²) in [6.07, 6.45) is -2.59. The zero-order valence-corrected chi connectivity index (χ0v) is 10.1. The molecule has 0 atom stereocenters. The lowest BCUT2D eigenvalue weighted by Gasteiger charge is -2.05. The van der Waals surface area contributed by atoms with Crippen molar-refractivity contribution in [2.24, 2.45) is 0 Å². The summed E-state index contributed by atoms with van der Waals surface area (Å²) in [4.78, 5) is 3.71. The van der Waals surface area contributed by atoms with Gasteiger partial charge in [0.1, 0.15) is 5.69 Å². The lowest BCUT2D eigenvalue weighted by molar-refractivity contribution is 0.145. The fourth-order valence-electron chi connectivity index (χ4n) is 0.767. The van der Waals surface area contributed by atoms with Gasteiger partial charge in [-0.05, 0) is 22.0 Å². The lowest BCUT2D eigenvalue weighted by Crippen LogP contribution is -1.96. The predicted octanol–water partition coefficient (Wildman–Crippen LogP) is 4.33. The molecular weight excluding hydrogens is 331 g/mol. The van der Waals surface area contributed by atoms with E-state index in [1.54, 1.807) is 0 Å². The Morgan fingerprint density at radius 2 is 2.15 bits per heavy atom. The van der Waals surface area contributed by atoms with E-state index in [0.717, 1.165) is 0 Å². The summed E-state index contributed by atoms with van der Waals surface area (Å²) in [6.45, 7) is 0. The molecule has 1 rings (SSSR count). The molecule has 0 unspecified atom stereocenters. The number of alkyl halides is 3. The Morgan fingerprint density at radius 1 is 1.54 bits per heavy atom. The van der Waals surface area contributed by atoms with E-state index in [2.05, 4.69) is 36.8 Å². The molecule has 1 aromatic rings. The van der Waals surface area contributed by atoms with Crippen LogP contribution in [0.4, 0.5) is 8.78 Å². The maximum atomic E-state index is 12.3. The third kappa shape index (κ3) is 2.60. The van der Waals surface area contributed by atoms with Crippen LogP contribution in [-0.2, 0) is 5.33 Å². The zero-order chi connectivity index (χ0) is 10.0. The van der Waals surface area contributed by atoms with Gasteiger partial charge in [-0.25, -0.2) is 13.8 Å². The normalized spacial score (nSPS) is 10.9. The van der Waals surface area contributed by atoms with Crippen molar-refractivity contribution in [3.8, 4) is 0 Å². The van der Waals surface area contributed by atoms with Crippen molar-refractivity contribution in [1.29, 1.82) is 0 Å². The Labute approximate surface area is 95.8 Å². The first-order chi connectivity index (χ1) is 6.06. The molecule has 0 spiro atoms. The largest absolute Gasteiger partial charge is 0.281 e. The molecule has 0 saturated heterocycles. The molecule has 0 bridgehead atoms. The Morgan fingerprint density at radius 3 is 2.62 bits per heavy atom. The number of rotatable bonds is 2. The molecular formula is C7H4Br2ClF2N. The first-order valence-corrected chi connectivity index (χ1v) is 5.54. The lowest BCUT2D eigenvalue weighted by atomic mass is 10.3. The summed E-state index contributed by atoms with van der Waals surface area (Å²) in [7, 11) is 0. The van der Waals surface area contributed by atoms with Crippen LogP contribution in [0, 0.1) is 0 Å². The molecule has 1 heterocycles. The van der Waals surface area contributed by atoms with Gasteiger partial charge in [-0.1, -0.05) is 27.5 Å². The van der Waals surface area contributed by atoms with Crippen LogP contribution >= 0.6 is 43.5 Å². The van der Waals surface area contributed by atoms with E-state index in [4.69, 9.17) is 11.6 Å². The molecule has 72 valence electrons. The minimum atomic E-state index is -2.59. The molecule has 0 aliphatic carbocycles. The monoisotopic (exact) mass is 333 g/mol. The van der Waals surface area contributed by atoms with Crippen LogP contribution in [0.3, 0.4) is 0 Å². The van der Waals surface area contributed by atoms with Gasteiger partial charge in [0.15, 0.2) is 0 Å². The van der Waals surface area contributed by atoms with Crippen molar-refractivity contribution in [3.05, 3.63) is 26.9 Å². The predicted molar refractivity (Wildman–Crippen MR) is 54.5 cm³/mol. The first-order valence-electron chi connectivity index (χ1n) is 3.25. The standard InChI is InChI=1S/C7H4Br2ClF2N/c8-2-5-4(10)1-3(9)6(13-5)7(11)12/h1,7H,2H2. The highest BCUT2D eigenvalue weighted by molar-refractivity contribution is 9.10. The second kappa shape index (κ2) is 4.66. The van der Waals surface area contributed by atoms with Crippen LogP contribution in [0.15, 0.2) is 10.5 Å². The summed E-state index contributed by atoms with van der Waals surface area (Å²) in [5.41, 5.74) is 0.138. The summed E-state index contributed by atoms with van der Waals surface area (Å²) in [5.74, 6) is 0. The fraction of sp³-hybridized carbons (Fsp3) is 0.286. The van der Waals surface area contributed by atoms with Gasteiger partial charge in [0, 0.05) is 9.80 Å². The number of pyridine rings is 1. The van der Waals surface area contributed by atoms with Crippen molar-refractivity contribution >= 4 is 43.5 Å². The smallest absolute Gasteiger partial charge is 0.248 e. The fourth-order valence-corrected chi connectivity index (χ4v) is 2.20. The Bertz CT molecular complexity index is 320. The van der Waals surface area contributed by atoms with Gasteiger partial charge >= 0.3 is 0 Å². The topological polar surface area (TPSA) is 12.9 Å². The van der Waals surface area contributed by atoms with Crippen LogP contribution in [-0.4, -0.2) is 4.98 Å². The highest BCUT2D eigenvalue weighted by Gasteiger charge is 2.16. The highest BCUT2D eigenvalue weighted by atomic mass is 79.9. The molecule has 0 aliphatic rings. The van der Waals surface area contributed by atoms with Crippen molar-refractivity contribution in [3.63, 3.8) is 0 Å². The average Bonchev–Trinajstić information content (AvgIpc) is 2.03. The van der Waals surface area contributed by atoms with Crippen LogP contribution in [0.1, 0.15) is 17.8 Å². The molecule has 0 aromatic carbocycles. The molecule has 0 fully saturated rings. The third-order valence-corrected chi connectivity index (χ3v) is 2.86. The molecule has 1 aromatic heterocycles. The van der Waals surface area contributed by atoms with E-state index >= 15 is 0 Å². The van der Waals surface area contributed by atoms with E-state index < -0.39 is 6.43 Å². The van der Waals surface area contributed by atoms with Gasteiger partial charge < -0.3 is 0 Å². The zero-order valence-electron chi connectivity index (χ0n) is 6.20. The van der Waals surface area contributed by atoms with Crippen molar-refractivity contribution in [2.45, 2.75) is 11.8 Å². The van der Waals surface area contributed by atoms with Gasteiger partial charge in [0.05, 0.1) is 10.7 Å². The highest BCUT2D eigenvalue weighted by Crippen LogP contribution is 2.30. The van der Waals surface area contributed by atoms with Crippen LogP contribution in [0.5, 0.6) is 0 Å². The second-order valence-corrected chi connectivity index (χ2v) is 4.04. The second-order valence-electron chi connectivity index (χ2n) is 2.22. The van der Waals surface area contributed by atoms with Crippen molar-refractivity contribution in [2.75, 3.05) is 0 Å². The number of nitrogens with zero attached hydrogens (tertiary/aromatic N) is 1. The minimum Gasteiger partial charge on any atom is -0.248 e. The summed E-state index contributed by atoms with van der Waals surface area (Å²) in [6, 6.07) is 1.42. The van der Waals surface area contributed by atoms with Gasteiger partial charge in [0.25, 0.3) is 6.43 Å². The SMILES string of the molecule is FC(F)c1nc(CBr)c(Cl)cc1Br. The van der Waals surface area contributed by atoms with E-state index in [1.165, 1.54) is 6.07 Å². The molecule has 0 N–H and O–H groups in total. The van der Waals surface area contributed by atoms with E-state index in [0.29, 0.717) is 16.0 Å². The molecule has 13 heavy (non-hydrogen) atoms. The molecule has 0 aliphatic heterocycles. The minimum absolute atomic E-state index is 0.234. The number of hydrogen-bond acceptors (Lipinski definition) is 1. The van der Waals surface area contributed by atoms with Gasteiger partial charge in [0.2, 0.25) is 0 Å². The van der Waals surface area contributed by atoms with Crippen LogP contribution < -0.4 is 0 Å². The molecule has 6 heteroatoms. The number of halogens is 5. The molecule has 0 saturated carbocycles. The quantitative estimate of drug-likeness (QED) is 0.733. The summed E-state index contributed by atoms with van der Waals surface area (Å²) in [5, 5.41) is 0.729. The van der Waals surface area contributed by atoms with Crippen LogP contribution in [0.2, 0.25) is 5.02 Å². The Hall–Kier alpha value is 0.260. The van der Waals surface area contributed by atoms with Crippen molar-refractivity contribution in [1.82, 2.24) is 4.98 Å². The summed E-state index contributed by atoms with van der Waals surface area (Å²) < 4.78 is 24.9. The number of aromatic nitrogens is 1. The summed E-state index contributed by atoms with van der Waals surface area (Å²) >= 11 is 11.8. The van der Waals surface area contributed by atoms with Gasteiger partial charge in [-0.2, -0.15) is 0 Å². The Balaban J connectivity index is 3.22. The average molecular weight is 335 g/mol. The Kier molecular flexibility index (Phi) is 4.06. The van der Waals surface area contributed by atoms with E-state index in [9.17, 15) is 8.78 Å².